The van der Waals surface area contributed by atoms with E-state index in [1.807, 2.05) is 18.2 Å². The van der Waals surface area contributed by atoms with Gasteiger partial charge in [-0.3, -0.25) is 4.79 Å². The van der Waals surface area contributed by atoms with Crippen LogP contribution in [0.1, 0.15) is 33.1 Å². The van der Waals surface area contributed by atoms with Gasteiger partial charge in [0.25, 0.3) is 0 Å². The summed E-state index contributed by atoms with van der Waals surface area (Å²) in [5.41, 5.74) is 1.16. The van der Waals surface area contributed by atoms with Crippen LogP contribution < -0.4 is 9.64 Å². The van der Waals surface area contributed by atoms with E-state index >= 15 is 0 Å². The Labute approximate surface area is 115 Å². The van der Waals surface area contributed by atoms with Crippen LogP contribution >= 0.6 is 0 Å². The lowest BCUT2D eigenvalue weighted by atomic mass is 10.2. The zero-order valence-corrected chi connectivity index (χ0v) is 11.8. The fourth-order valence-corrected chi connectivity index (χ4v) is 1.93. The number of nitrogens with zero attached hydrogens (tertiary/aromatic N) is 1. The molecule has 0 amide bonds. The van der Waals surface area contributed by atoms with Gasteiger partial charge >= 0.3 is 5.97 Å². The molecule has 0 fully saturated rings. The van der Waals surface area contributed by atoms with Crippen LogP contribution in [0, 0.1) is 0 Å². The van der Waals surface area contributed by atoms with Gasteiger partial charge in [-0.1, -0.05) is 6.07 Å². The van der Waals surface area contributed by atoms with Gasteiger partial charge in [0.15, 0.2) is 0 Å². The highest BCUT2D eigenvalue weighted by Crippen LogP contribution is 2.21. The van der Waals surface area contributed by atoms with Crippen molar-refractivity contribution < 1.29 is 14.6 Å². The number of unbranched alkanes of at least 4 members (excludes halogenated alkanes) is 1. The molecule has 1 rings (SSSR count). The minimum Gasteiger partial charge on any atom is -0.494 e. The van der Waals surface area contributed by atoms with Gasteiger partial charge in [0, 0.05) is 31.3 Å². The van der Waals surface area contributed by atoms with Crippen molar-refractivity contribution in [3.63, 3.8) is 0 Å². The predicted octanol–water partition coefficient (Wildman–Crippen LogP) is 3.17. The van der Waals surface area contributed by atoms with E-state index in [1.54, 1.807) is 0 Å². The molecular formula is C15H23NO3. The van der Waals surface area contributed by atoms with Gasteiger partial charge in [0.05, 0.1) is 6.61 Å². The molecule has 106 valence electrons. The van der Waals surface area contributed by atoms with E-state index < -0.39 is 5.97 Å². The standard InChI is InChI=1S/C15H23NO3/c1-3-16(4-2)13-8-7-9-14(12-13)19-11-6-5-10-15(17)18/h7-9,12H,3-6,10-11H2,1-2H3,(H,17,18). The zero-order chi connectivity index (χ0) is 14.1. The molecule has 19 heavy (non-hydrogen) atoms. The van der Waals surface area contributed by atoms with E-state index in [9.17, 15) is 4.79 Å². The predicted molar refractivity (Wildman–Crippen MR) is 77.0 cm³/mol. The largest absolute Gasteiger partial charge is 0.494 e. The molecule has 0 aliphatic carbocycles. The second-order valence-corrected chi connectivity index (χ2v) is 4.37. The summed E-state index contributed by atoms with van der Waals surface area (Å²) in [5.74, 6) is 0.100. The van der Waals surface area contributed by atoms with E-state index in [2.05, 4.69) is 24.8 Å². The number of rotatable bonds is 9. The number of benzene rings is 1. The van der Waals surface area contributed by atoms with Crippen molar-refractivity contribution in [3.05, 3.63) is 24.3 Å². The molecule has 4 heteroatoms. The van der Waals surface area contributed by atoms with Gasteiger partial charge in [-0.25, -0.2) is 0 Å². The summed E-state index contributed by atoms with van der Waals surface area (Å²) in [6, 6.07) is 8.03. The van der Waals surface area contributed by atoms with E-state index in [0.29, 0.717) is 13.0 Å². The smallest absolute Gasteiger partial charge is 0.303 e. The minimum absolute atomic E-state index is 0.211. The molecule has 0 saturated heterocycles. The number of hydrogen-bond donors (Lipinski definition) is 1. The number of aliphatic carboxylic acids is 1. The maximum absolute atomic E-state index is 10.4. The molecule has 0 unspecified atom stereocenters. The molecule has 0 aliphatic heterocycles. The van der Waals surface area contributed by atoms with Gasteiger partial charge < -0.3 is 14.7 Å². The molecule has 0 aliphatic rings. The molecule has 0 saturated carbocycles. The second kappa shape index (κ2) is 8.40. The van der Waals surface area contributed by atoms with E-state index in [4.69, 9.17) is 9.84 Å². The van der Waals surface area contributed by atoms with Crippen LogP contribution in [-0.4, -0.2) is 30.8 Å². The SMILES string of the molecule is CCN(CC)c1cccc(OCCCCC(=O)O)c1. The first-order valence-electron chi connectivity index (χ1n) is 6.87. The van der Waals surface area contributed by atoms with Gasteiger partial charge in [0.2, 0.25) is 0 Å². The van der Waals surface area contributed by atoms with Crippen LogP contribution in [0.5, 0.6) is 5.75 Å². The van der Waals surface area contributed by atoms with Crippen LogP contribution in [-0.2, 0) is 4.79 Å². The maximum Gasteiger partial charge on any atom is 0.303 e. The highest BCUT2D eigenvalue weighted by atomic mass is 16.5. The lowest BCUT2D eigenvalue weighted by molar-refractivity contribution is -0.137. The van der Waals surface area contributed by atoms with Crippen molar-refractivity contribution in [1.29, 1.82) is 0 Å². The van der Waals surface area contributed by atoms with Crippen LogP contribution in [0.15, 0.2) is 24.3 Å². The fourth-order valence-electron chi connectivity index (χ4n) is 1.93. The molecule has 0 bridgehead atoms. The van der Waals surface area contributed by atoms with Crippen molar-refractivity contribution in [2.75, 3.05) is 24.6 Å². The van der Waals surface area contributed by atoms with Crippen molar-refractivity contribution in [2.24, 2.45) is 0 Å². The molecule has 4 nitrogen and oxygen atoms in total. The van der Waals surface area contributed by atoms with Gasteiger partial charge in [-0.15, -0.1) is 0 Å². The van der Waals surface area contributed by atoms with Crippen molar-refractivity contribution in [3.8, 4) is 5.75 Å². The Kier molecular flexibility index (Phi) is 6.79. The number of carboxylic acid groups (broad SMARTS) is 1. The van der Waals surface area contributed by atoms with E-state index in [0.717, 1.165) is 30.9 Å². The third kappa shape index (κ3) is 5.64. The molecule has 0 aromatic heterocycles. The minimum atomic E-state index is -0.747. The first-order chi connectivity index (χ1) is 9.17. The molecule has 1 aromatic rings. The number of carboxylic acids is 1. The third-order valence-electron chi connectivity index (χ3n) is 3.00. The lowest BCUT2D eigenvalue weighted by Crippen LogP contribution is -2.21. The maximum atomic E-state index is 10.4. The van der Waals surface area contributed by atoms with Crippen LogP contribution in [0.2, 0.25) is 0 Å². The summed E-state index contributed by atoms with van der Waals surface area (Å²) >= 11 is 0. The summed E-state index contributed by atoms with van der Waals surface area (Å²) < 4.78 is 5.65. The topological polar surface area (TPSA) is 49.8 Å². The Balaban J connectivity index is 2.42. The average molecular weight is 265 g/mol. The summed E-state index contributed by atoms with van der Waals surface area (Å²) in [6.45, 7) is 6.76. The Hall–Kier alpha value is -1.71. The highest BCUT2D eigenvalue weighted by molar-refractivity contribution is 5.66. The first kappa shape index (κ1) is 15.3. The summed E-state index contributed by atoms with van der Waals surface area (Å²) in [5, 5.41) is 8.54. The van der Waals surface area contributed by atoms with Crippen molar-refractivity contribution in [2.45, 2.75) is 33.1 Å². The second-order valence-electron chi connectivity index (χ2n) is 4.37. The number of ether oxygens (including phenoxy) is 1. The molecule has 0 radical (unpaired) electrons. The highest BCUT2D eigenvalue weighted by Gasteiger charge is 2.03. The molecule has 0 atom stereocenters. The van der Waals surface area contributed by atoms with Crippen LogP contribution in [0.3, 0.4) is 0 Å². The third-order valence-corrected chi connectivity index (χ3v) is 3.00. The zero-order valence-electron chi connectivity index (χ0n) is 11.8. The summed E-state index contributed by atoms with van der Waals surface area (Å²) in [4.78, 5) is 12.6. The Morgan fingerprint density at radius 3 is 2.63 bits per heavy atom. The van der Waals surface area contributed by atoms with Gasteiger partial charge in [-0.05, 0) is 38.8 Å². The average Bonchev–Trinajstić information content (AvgIpc) is 2.40. The summed E-state index contributed by atoms with van der Waals surface area (Å²) in [6.07, 6.45) is 1.63. The number of anilines is 1. The number of hydrogen-bond acceptors (Lipinski definition) is 3. The molecule has 0 spiro atoms. The van der Waals surface area contributed by atoms with Gasteiger partial charge in [-0.2, -0.15) is 0 Å². The first-order valence-corrected chi connectivity index (χ1v) is 6.87. The molecule has 1 N–H and O–H groups in total. The lowest BCUT2D eigenvalue weighted by Gasteiger charge is -2.21. The molecule has 1 aromatic carbocycles. The van der Waals surface area contributed by atoms with Crippen molar-refractivity contribution in [1.82, 2.24) is 0 Å². The quantitative estimate of drug-likeness (QED) is 0.697. The Bertz CT molecular complexity index is 389. The summed E-state index contributed by atoms with van der Waals surface area (Å²) in [7, 11) is 0. The molecule has 0 heterocycles. The normalized spacial score (nSPS) is 10.2. The number of carbonyl (C=O) groups is 1. The Morgan fingerprint density at radius 1 is 1.26 bits per heavy atom. The van der Waals surface area contributed by atoms with Crippen LogP contribution in [0.25, 0.3) is 0 Å². The van der Waals surface area contributed by atoms with E-state index in [1.165, 1.54) is 0 Å². The Morgan fingerprint density at radius 2 is 2.00 bits per heavy atom. The van der Waals surface area contributed by atoms with Gasteiger partial charge in [0.1, 0.15) is 5.75 Å². The van der Waals surface area contributed by atoms with E-state index in [-0.39, 0.29) is 6.42 Å². The monoisotopic (exact) mass is 265 g/mol. The molecular weight excluding hydrogens is 242 g/mol. The van der Waals surface area contributed by atoms with Crippen LogP contribution in [0.4, 0.5) is 5.69 Å². The van der Waals surface area contributed by atoms with Crippen molar-refractivity contribution >= 4 is 11.7 Å². The fraction of sp³-hybridized carbons (Fsp3) is 0.533.